The van der Waals surface area contributed by atoms with Crippen LogP contribution in [0.15, 0.2) is 0 Å². The molecule has 1 rings (SSSR count). The van der Waals surface area contributed by atoms with E-state index < -0.39 is 0 Å². The van der Waals surface area contributed by atoms with Crippen LogP contribution in [0, 0.1) is 5.92 Å². The van der Waals surface area contributed by atoms with E-state index in [-0.39, 0.29) is 6.04 Å². The first-order valence-electron chi connectivity index (χ1n) is 6.17. The van der Waals surface area contributed by atoms with Crippen molar-refractivity contribution in [3.63, 3.8) is 0 Å². The summed E-state index contributed by atoms with van der Waals surface area (Å²) in [5, 5.41) is 3.32. The van der Waals surface area contributed by atoms with E-state index in [1.807, 2.05) is 4.90 Å². The Balaban J connectivity index is 2.47. The zero-order chi connectivity index (χ0) is 11.3. The molecule has 0 aromatic heterocycles. The van der Waals surface area contributed by atoms with Gasteiger partial charge >= 0.3 is 0 Å². The van der Waals surface area contributed by atoms with E-state index >= 15 is 0 Å². The van der Waals surface area contributed by atoms with Gasteiger partial charge in [-0.1, -0.05) is 20.3 Å². The molecule has 0 spiro atoms. The zero-order valence-electron chi connectivity index (χ0n) is 10.3. The average Bonchev–Trinajstić information content (AvgIpc) is 2.26. The highest BCUT2D eigenvalue weighted by Gasteiger charge is 2.24. The maximum atomic E-state index is 12.1. The summed E-state index contributed by atoms with van der Waals surface area (Å²) >= 11 is 0. The summed E-state index contributed by atoms with van der Waals surface area (Å²) in [5.41, 5.74) is 0. The van der Waals surface area contributed by atoms with Crippen LogP contribution in [0.25, 0.3) is 0 Å². The second-order valence-electron chi connectivity index (χ2n) is 4.77. The molecule has 1 saturated heterocycles. The molecular weight excluding hydrogens is 188 g/mol. The molecule has 0 aromatic carbocycles. The van der Waals surface area contributed by atoms with Gasteiger partial charge in [0.1, 0.15) is 0 Å². The van der Waals surface area contributed by atoms with Crippen molar-refractivity contribution >= 4 is 5.91 Å². The van der Waals surface area contributed by atoms with Crippen molar-refractivity contribution in [3.05, 3.63) is 0 Å². The van der Waals surface area contributed by atoms with Gasteiger partial charge in [-0.25, -0.2) is 0 Å². The predicted molar refractivity (Wildman–Crippen MR) is 62.7 cm³/mol. The molecule has 1 N–H and O–H groups in total. The quantitative estimate of drug-likeness (QED) is 0.768. The molecular formula is C12H24N2O. The highest BCUT2D eigenvalue weighted by atomic mass is 16.2. The Morgan fingerprint density at radius 1 is 1.47 bits per heavy atom. The van der Waals surface area contributed by atoms with Crippen molar-refractivity contribution in [2.45, 2.75) is 46.1 Å². The summed E-state index contributed by atoms with van der Waals surface area (Å²) in [6, 6.07) is 0.0810. The molecule has 1 aliphatic heterocycles. The van der Waals surface area contributed by atoms with Crippen LogP contribution in [-0.2, 0) is 4.79 Å². The van der Waals surface area contributed by atoms with Gasteiger partial charge in [0.05, 0.1) is 6.04 Å². The van der Waals surface area contributed by atoms with Crippen LogP contribution in [0.4, 0.5) is 0 Å². The number of carbonyl (C=O) groups excluding carboxylic acids is 1. The number of nitrogens with one attached hydrogen (secondary N) is 1. The van der Waals surface area contributed by atoms with Gasteiger partial charge in [-0.05, 0) is 32.2 Å². The summed E-state index contributed by atoms with van der Waals surface area (Å²) in [6.07, 6.45) is 3.40. The van der Waals surface area contributed by atoms with E-state index in [1.165, 1.54) is 12.8 Å². The minimum atomic E-state index is 0.0810. The summed E-state index contributed by atoms with van der Waals surface area (Å²) in [7, 11) is 0. The van der Waals surface area contributed by atoms with E-state index in [0.29, 0.717) is 11.8 Å². The van der Waals surface area contributed by atoms with E-state index in [9.17, 15) is 4.79 Å². The molecule has 1 heterocycles. The molecule has 3 nitrogen and oxygen atoms in total. The molecule has 1 aliphatic rings. The lowest BCUT2D eigenvalue weighted by Crippen LogP contribution is -2.49. The molecule has 1 atom stereocenters. The zero-order valence-corrected chi connectivity index (χ0v) is 10.3. The monoisotopic (exact) mass is 212 g/mol. The van der Waals surface area contributed by atoms with E-state index in [2.05, 4.69) is 26.1 Å². The van der Waals surface area contributed by atoms with E-state index in [0.717, 1.165) is 26.1 Å². The van der Waals surface area contributed by atoms with Gasteiger partial charge in [-0.2, -0.15) is 0 Å². The summed E-state index contributed by atoms with van der Waals surface area (Å²) in [6.45, 7) is 9.08. The number of nitrogens with zero attached hydrogens (tertiary/aromatic N) is 1. The lowest BCUT2D eigenvalue weighted by Gasteiger charge is -2.30. The SMILES string of the molecule is CCN(CC(C)C)C(=O)[C@@H]1CCCCN1. The van der Waals surface area contributed by atoms with Crippen LogP contribution < -0.4 is 5.32 Å². The molecule has 88 valence electrons. The molecule has 0 radical (unpaired) electrons. The fourth-order valence-electron chi connectivity index (χ4n) is 2.10. The van der Waals surface area contributed by atoms with Crippen molar-refractivity contribution in [2.24, 2.45) is 5.92 Å². The second-order valence-corrected chi connectivity index (χ2v) is 4.77. The Bertz CT molecular complexity index is 198. The van der Waals surface area contributed by atoms with Gasteiger partial charge in [0, 0.05) is 13.1 Å². The van der Waals surface area contributed by atoms with Gasteiger partial charge in [-0.15, -0.1) is 0 Å². The van der Waals surface area contributed by atoms with Crippen LogP contribution in [0.2, 0.25) is 0 Å². The highest BCUT2D eigenvalue weighted by Crippen LogP contribution is 2.11. The smallest absolute Gasteiger partial charge is 0.239 e. The first kappa shape index (κ1) is 12.5. The maximum Gasteiger partial charge on any atom is 0.239 e. The normalized spacial score (nSPS) is 21.7. The Labute approximate surface area is 93.2 Å². The molecule has 0 bridgehead atoms. The van der Waals surface area contributed by atoms with Crippen molar-refractivity contribution in [1.29, 1.82) is 0 Å². The summed E-state index contributed by atoms with van der Waals surface area (Å²) in [5.74, 6) is 0.850. The number of piperidine rings is 1. The molecule has 1 amide bonds. The lowest BCUT2D eigenvalue weighted by molar-refractivity contribution is -0.134. The third-order valence-electron chi connectivity index (χ3n) is 2.89. The number of amides is 1. The van der Waals surface area contributed by atoms with Gasteiger partial charge in [-0.3, -0.25) is 4.79 Å². The topological polar surface area (TPSA) is 32.3 Å². The fourth-order valence-corrected chi connectivity index (χ4v) is 2.10. The maximum absolute atomic E-state index is 12.1. The van der Waals surface area contributed by atoms with E-state index in [1.54, 1.807) is 0 Å². The molecule has 0 saturated carbocycles. The third-order valence-corrected chi connectivity index (χ3v) is 2.89. The number of hydrogen-bond acceptors (Lipinski definition) is 2. The first-order valence-corrected chi connectivity index (χ1v) is 6.17. The minimum Gasteiger partial charge on any atom is -0.341 e. The van der Waals surface area contributed by atoms with E-state index in [4.69, 9.17) is 0 Å². The highest BCUT2D eigenvalue weighted by molar-refractivity contribution is 5.82. The van der Waals surface area contributed by atoms with Gasteiger partial charge in [0.25, 0.3) is 0 Å². The fraction of sp³-hybridized carbons (Fsp3) is 0.917. The summed E-state index contributed by atoms with van der Waals surface area (Å²) < 4.78 is 0. The molecule has 0 aromatic rings. The standard InChI is InChI=1S/C12H24N2O/c1-4-14(9-10(2)3)12(15)11-7-5-6-8-13-11/h10-11,13H,4-9H2,1-3H3/t11-/m0/s1. The predicted octanol–water partition coefficient (Wildman–Crippen LogP) is 1.63. The van der Waals surface area contributed by atoms with Crippen molar-refractivity contribution in [2.75, 3.05) is 19.6 Å². The molecule has 1 fully saturated rings. The Morgan fingerprint density at radius 3 is 2.67 bits per heavy atom. The Hall–Kier alpha value is -0.570. The van der Waals surface area contributed by atoms with Crippen LogP contribution in [-0.4, -0.2) is 36.5 Å². The summed E-state index contributed by atoms with van der Waals surface area (Å²) in [4.78, 5) is 14.1. The van der Waals surface area contributed by atoms with Crippen LogP contribution in [0.5, 0.6) is 0 Å². The van der Waals surface area contributed by atoms with Crippen LogP contribution in [0.1, 0.15) is 40.0 Å². The number of hydrogen-bond donors (Lipinski definition) is 1. The van der Waals surface area contributed by atoms with Gasteiger partial charge in [0.2, 0.25) is 5.91 Å². The first-order chi connectivity index (χ1) is 7.15. The average molecular weight is 212 g/mol. The van der Waals surface area contributed by atoms with Gasteiger partial charge in [0.15, 0.2) is 0 Å². The lowest BCUT2D eigenvalue weighted by atomic mass is 10.0. The number of rotatable bonds is 4. The largest absolute Gasteiger partial charge is 0.341 e. The minimum absolute atomic E-state index is 0.0810. The van der Waals surface area contributed by atoms with Gasteiger partial charge < -0.3 is 10.2 Å². The molecule has 0 unspecified atom stereocenters. The second kappa shape index (κ2) is 6.11. The third kappa shape index (κ3) is 3.82. The molecule has 0 aliphatic carbocycles. The molecule has 15 heavy (non-hydrogen) atoms. The Kier molecular flexibility index (Phi) is 5.09. The van der Waals surface area contributed by atoms with Crippen molar-refractivity contribution in [1.82, 2.24) is 10.2 Å². The van der Waals surface area contributed by atoms with Crippen LogP contribution in [0.3, 0.4) is 0 Å². The van der Waals surface area contributed by atoms with Crippen molar-refractivity contribution in [3.8, 4) is 0 Å². The van der Waals surface area contributed by atoms with Crippen molar-refractivity contribution < 1.29 is 4.79 Å². The number of carbonyl (C=O) groups is 1. The van der Waals surface area contributed by atoms with Crippen LogP contribution >= 0.6 is 0 Å². The number of likely N-dealkylation sites (N-methyl/N-ethyl adjacent to an activating group) is 1. The Morgan fingerprint density at radius 2 is 2.20 bits per heavy atom. The molecule has 3 heteroatoms.